The van der Waals surface area contributed by atoms with Crippen LogP contribution in [0.25, 0.3) is 75.2 Å². The number of aldehydes is 1. The standard InChI is InChI=1S/C19H24BrN5O2SSi.C19H17F2N7OS.C12H17Br2N3OSSi.C7H7N2O.C6H3Br2N3S.C5H6BF3N2O2.C4HBr2NOS.3CH3.Sn/c1-13(26)23-15-11-14(5-6-21-15)19-24-17(20)16(28-19)18-22-7-8-25(18)12-27-9-10-29(2,3)4;1-10(29)25-13-8-11(4-5-22-13)18-26-14(15(30-18)17-23-6-7-24-17)12-9-28(3)27-16(12)19(2,20)21;1-20(2,3)7-6-18-8-17-5-4-15-11(17)9-10(13)16-12(14)19-9;1-6(10)9-7-4-2-3-5-8-7;7-4-3(12-6(8)11-4)5-9-1-2-10-5;1-11-2-3(6(12)13)4(10-11)5(7,8)9;5-3-2(1-8)9-4(6)7-3;;;;/h5-8,11H,9-10,12H2,1-4H3,(H,21,23,26);4-9H,1-3H3,(H,23,24)(H,22,25,29);4-5H,6-8H2,1-3H3;3-5H,1H3,(H,8,9,10);1-2H,(H,9,10);2,12-13H,1H3;1H;3*1H3;. The number of hydrogen-bond donors (Lipinski definition) is 7. The number of H-pyrrole nitrogens is 2. The van der Waals surface area contributed by atoms with Gasteiger partial charge in [-0.05, 0) is 148 Å². The molecule has 14 heterocycles. The molecule has 676 valence electrons. The maximum atomic E-state index is 14.2. The van der Waals surface area contributed by atoms with Gasteiger partial charge in [0.15, 0.2) is 35.4 Å². The van der Waals surface area contributed by atoms with Crippen LogP contribution < -0.4 is 25.0 Å². The van der Waals surface area contributed by atoms with Crippen LogP contribution in [0.5, 0.6) is 0 Å². The maximum absolute atomic E-state index is 14.2. The molecule has 0 radical (unpaired) electrons. The van der Waals surface area contributed by atoms with Crippen molar-refractivity contribution in [2.75, 3.05) is 29.2 Å². The van der Waals surface area contributed by atoms with Crippen LogP contribution in [-0.2, 0) is 63.5 Å². The molecule has 0 aliphatic heterocycles. The fraction of sp³-hybridized carbons (Fsp3) is 0.307. The van der Waals surface area contributed by atoms with Crippen molar-refractivity contribution in [3.63, 3.8) is 0 Å². The minimum absolute atomic E-state index is 0.0706. The van der Waals surface area contributed by atoms with Gasteiger partial charge >= 0.3 is 102 Å². The number of thiazole rings is 5. The van der Waals surface area contributed by atoms with Crippen molar-refractivity contribution in [1.29, 1.82) is 0 Å². The zero-order chi connectivity index (χ0) is 93.6. The van der Waals surface area contributed by atoms with Crippen LogP contribution in [0.2, 0.25) is 66.2 Å². The number of aromatic nitrogens is 20. The summed E-state index contributed by atoms with van der Waals surface area (Å²) in [7, 11) is -1.46. The largest absolute Gasteiger partial charge is 0.492 e. The van der Waals surface area contributed by atoms with Gasteiger partial charge in [0.05, 0.1) is 10.6 Å². The second kappa shape index (κ2) is 48.0. The van der Waals surface area contributed by atoms with E-state index in [1.54, 1.807) is 86.3 Å². The number of rotatable bonds is 24. The van der Waals surface area contributed by atoms with Crippen LogP contribution in [0.1, 0.15) is 48.8 Å². The van der Waals surface area contributed by atoms with Crippen molar-refractivity contribution < 1.29 is 60.7 Å². The van der Waals surface area contributed by atoms with Crippen LogP contribution in [0.4, 0.5) is 39.4 Å². The van der Waals surface area contributed by atoms with E-state index >= 15 is 0 Å². The SMILES string of the molecule is Brc1nc(Br)c(-c2ncc[nH]2)s1.CC(=O)Nc1c[c]([Sn]([CH3])([CH3])[CH3])ccn1.CC(=O)Nc1cc(-c2nc(-c3cn(C)nc3C(C)(F)F)c(-c3ncc[nH]3)s2)ccn1.CC(=O)Nc1cc(-c2nc(Br)c(-c3nccn3COCC[Si](C)(C)C)s2)ccn1.C[Si](C)(C)CCOCn1ccnc1-c1sc(Br)nc1Br.Cn1cc(B(O)O)c(C(F)(F)F)n1.O=Cc1sc(Br)nc1Br. The average molecular weight is 2440 g/mol. The number of halogens is 12. The molecular weight excluding hydrogens is 2350 g/mol. The molecule has 0 saturated heterocycles. The third kappa shape index (κ3) is 33.4. The molecule has 14 rings (SSSR count). The number of carbonyl (C=O) groups excluding carboxylic acids is 4. The van der Waals surface area contributed by atoms with Gasteiger partial charge in [-0.3, -0.25) is 23.7 Å². The summed E-state index contributed by atoms with van der Waals surface area (Å²) in [6, 6.07) is 13.4. The Balaban J connectivity index is 0.000000191. The predicted molar refractivity (Wildman–Crippen MR) is 522 cm³/mol. The van der Waals surface area contributed by atoms with Gasteiger partial charge in [0.1, 0.15) is 90.4 Å². The molecule has 0 atom stereocenters. The number of hydrogen-bond acceptors (Lipinski definition) is 27. The van der Waals surface area contributed by atoms with Crippen LogP contribution in [0.3, 0.4) is 0 Å². The van der Waals surface area contributed by atoms with E-state index in [0.717, 1.165) is 112 Å². The quantitative estimate of drug-likeness (QED) is 0.0128. The summed E-state index contributed by atoms with van der Waals surface area (Å²) >= 11 is 28.5. The van der Waals surface area contributed by atoms with Gasteiger partial charge in [0.25, 0.3) is 5.92 Å². The molecule has 14 aromatic rings. The molecule has 7 N–H and O–H groups in total. The molecule has 0 fully saturated rings. The molecule has 0 aliphatic rings. The Bertz CT molecular complexity index is 5970. The minimum Gasteiger partial charge on any atom is -0.423 e. The van der Waals surface area contributed by atoms with E-state index in [4.69, 9.17) is 19.5 Å². The summed E-state index contributed by atoms with van der Waals surface area (Å²) in [6.07, 6.45) is 17.6. The average Bonchev–Trinajstić information content (AvgIpc) is 1.61. The molecule has 0 aromatic carbocycles. The second-order valence-corrected chi connectivity index (χ2v) is 67.9. The Morgan fingerprint density at radius 2 is 0.969 bits per heavy atom. The number of anilines is 3. The summed E-state index contributed by atoms with van der Waals surface area (Å²) in [5, 5.41) is 33.6. The Hall–Kier alpha value is -6.91. The number of pyridine rings is 3. The summed E-state index contributed by atoms with van der Waals surface area (Å²) < 4.78 is 89.4. The fourth-order valence-corrected chi connectivity index (χ4v) is 24.5. The monoisotopic (exact) mass is 2430 g/mol. The normalized spacial score (nSPS) is 11.4. The van der Waals surface area contributed by atoms with E-state index in [2.05, 4.69) is 268 Å². The molecule has 0 aliphatic carbocycles. The Labute approximate surface area is 812 Å². The summed E-state index contributed by atoms with van der Waals surface area (Å²) in [5.74, 6) is 0.963. The van der Waals surface area contributed by atoms with Crippen molar-refractivity contribution in [2.24, 2.45) is 14.1 Å². The van der Waals surface area contributed by atoms with Gasteiger partial charge in [-0.1, -0.05) is 39.3 Å². The molecular formula is C75H84BBr7F5N23O8S5Si2Sn. The molecule has 0 saturated carbocycles. The first-order valence-electron chi connectivity index (χ1n) is 37.4. The molecule has 14 aromatic heterocycles. The third-order valence-electron chi connectivity index (χ3n) is 16.2. The van der Waals surface area contributed by atoms with Crippen molar-refractivity contribution in [2.45, 2.75) is 119 Å². The number of nitrogens with zero attached hydrogens (tertiary/aromatic N) is 18. The summed E-state index contributed by atoms with van der Waals surface area (Å²) in [6.45, 7) is 21.8. The van der Waals surface area contributed by atoms with Crippen LogP contribution in [-0.4, -0.2) is 187 Å². The molecule has 31 nitrogen and oxygen atoms in total. The van der Waals surface area contributed by atoms with Gasteiger partial charge < -0.3 is 49.3 Å². The molecule has 127 heavy (non-hydrogen) atoms. The first-order chi connectivity index (χ1) is 59.5. The predicted octanol–water partition coefficient (Wildman–Crippen LogP) is 20.3. The molecule has 0 unspecified atom stereocenters. The van der Waals surface area contributed by atoms with Crippen molar-refractivity contribution in [3.8, 4) is 75.2 Å². The molecule has 52 heteroatoms. The first kappa shape index (κ1) is 105. The number of amides is 3. The summed E-state index contributed by atoms with van der Waals surface area (Å²) in [4.78, 5) is 112. The Morgan fingerprint density at radius 3 is 1.37 bits per heavy atom. The number of nitrogens with one attached hydrogen (secondary N) is 5. The van der Waals surface area contributed by atoms with Gasteiger partial charge in [0.2, 0.25) is 11.8 Å². The van der Waals surface area contributed by atoms with Gasteiger partial charge in [-0.25, -0.2) is 54.8 Å². The van der Waals surface area contributed by atoms with Crippen LogP contribution in [0, 0.1) is 0 Å². The van der Waals surface area contributed by atoms with E-state index in [1.165, 1.54) is 93.7 Å². The zero-order valence-corrected chi connectivity index (χ0v) is 90.4. The van der Waals surface area contributed by atoms with Crippen molar-refractivity contribution >= 4 is 260 Å². The fourth-order valence-electron chi connectivity index (χ4n) is 10.3. The number of aryl methyl sites for hydroxylation is 2. The smallest absolute Gasteiger partial charge is 0.423 e. The van der Waals surface area contributed by atoms with Crippen LogP contribution in [0.15, 0.2) is 147 Å². The molecule has 0 bridgehead atoms. The van der Waals surface area contributed by atoms with E-state index in [0.29, 0.717) is 67.4 Å². The third-order valence-corrected chi connectivity index (χ3v) is 35.5. The van der Waals surface area contributed by atoms with Crippen molar-refractivity contribution in [1.82, 2.24) is 98.5 Å². The summed E-state index contributed by atoms with van der Waals surface area (Å²) in [5.41, 5.74) is -0.123. The van der Waals surface area contributed by atoms with E-state index in [1.807, 2.05) is 39.7 Å². The number of ether oxygens (including phenoxy) is 2. The van der Waals surface area contributed by atoms with Crippen molar-refractivity contribution in [3.05, 3.63) is 163 Å². The zero-order valence-electron chi connectivity index (χ0n) is 70.3. The molecule has 0 spiro atoms. The van der Waals surface area contributed by atoms with Crippen LogP contribution >= 0.6 is 168 Å². The number of carbonyl (C=O) groups is 4. The van der Waals surface area contributed by atoms with E-state index in [-0.39, 0.29) is 29.0 Å². The second-order valence-electron chi connectivity index (χ2n) is 30.3. The number of alkyl halides is 5. The topological polar surface area (TPSA) is 395 Å². The Kier molecular flexibility index (Phi) is 39.8. The minimum atomic E-state index is -4.67. The maximum Gasteiger partial charge on any atom is 0.492 e. The first-order valence-corrected chi connectivity index (χ1v) is 64.4. The number of aromatic amines is 2. The van der Waals surface area contributed by atoms with Gasteiger partial charge in [-0.2, -0.15) is 32.1 Å². The van der Waals surface area contributed by atoms with Gasteiger partial charge in [-0.15, -0.1) is 56.7 Å². The number of imidazole rings is 4. The van der Waals surface area contributed by atoms with E-state index < -0.39 is 64.9 Å². The molecule has 3 amide bonds. The van der Waals surface area contributed by atoms with E-state index in [9.17, 15) is 41.1 Å². The Morgan fingerprint density at radius 1 is 0.543 bits per heavy atom. The van der Waals surface area contributed by atoms with Gasteiger partial charge in [0, 0.05) is 161 Å².